The van der Waals surface area contributed by atoms with Gasteiger partial charge in [0.2, 0.25) is 5.88 Å². The lowest BCUT2D eigenvalue weighted by atomic mass is 10.2. The number of hydrogen-bond acceptors (Lipinski definition) is 6. The van der Waals surface area contributed by atoms with Gasteiger partial charge in [0.1, 0.15) is 17.8 Å². The molecule has 0 bridgehead atoms. The van der Waals surface area contributed by atoms with Crippen molar-refractivity contribution >= 4 is 17.2 Å². The number of anilines is 3. The molecule has 0 amide bonds. The molecule has 108 valence electrons. The van der Waals surface area contributed by atoms with Crippen molar-refractivity contribution in [3.63, 3.8) is 0 Å². The Kier molecular flexibility index (Phi) is 4.51. The zero-order valence-electron chi connectivity index (χ0n) is 11.4. The summed E-state index contributed by atoms with van der Waals surface area (Å²) < 4.78 is 19.2. The van der Waals surface area contributed by atoms with Gasteiger partial charge in [-0.05, 0) is 24.6 Å². The Morgan fingerprint density at radius 3 is 2.90 bits per heavy atom. The van der Waals surface area contributed by atoms with Crippen LogP contribution < -0.4 is 15.8 Å². The second-order valence-corrected chi connectivity index (χ2v) is 4.22. The van der Waals surface area contributed by atoms with Crippen molar-refractivity contribution in [2.24, 2.45) is 0 Å². The number of hydrogen-bond donors (Lipinski definition) is 2. The van der Waals surface area contributed by atoms with E-state index in [9.17, 15) is 4.39 Å². The molecule has 7 heteroatoms. The highest BCUT2D eigenvalue weighted by atomic mass is 19.1. The lowest BCUT2D eigenvalue weighted by Gasteiger charge is -2.12. The van der Waals surface area contributed by atoms with E-state index >= 15 is 0 Å². The van der Waals surface area contributed by atoms with E-state index in [0.29, 0.717) is 6.61 Å². The van der Waals surface area contributed by atoms with Crippen molar-refractivity contribution in [3.05, 3.63) is 35.9 Å². The third-order valence-electron chi connectivity index (χ3n) is 2.64. The van der Waals surface area contributed by atoms with Crippen molar-refractivity contribution in [2.75, 3.05) is 17.7 Å². The summed E-state index contributed by atoms with van der Waals surface area (Å²) in [7, 11) is 0. The summed E-state index contributed by atoms with van der Waals surface area (Å²) in [5.74, 6) is -0.0637. The fourth-order valence-corrected chi connectivity index (χ4v) is 1.61. The molecule has 21 heavy (non-hydrogen) atoms. The van der Waals surface area contributed by atoms with Gasteiger partial charge in [-0.15, -0.1) is 0 Å². The molecule has 0 saturated heterocycles. The van der Waals surface area contributed by atoms with Gasteiger partial charge in [-0.3, -0.25) is 0 Å². The van der Waals surface area contributed by atoms with Gasteiger partial charge in [0.05, 0.1) is 23.9 Å². The van der Waals surface area contributed by atoms with Crippen LogP contribution in [0.25, 0.3) is 0 Å². The summed E-state index contributed by atoms with van der Waals surface area (Å²) in [5.41, 5.74) is 6.50. The molecule has 0 aliphatic rings. The molecule has 1 aromatic heterocycles. The predicted molar refractivity (Wildman–Crippen MR) is 76.6 cm³/mol. The molecule has 1 aromatic carbocycles. The number of nitriles is 1. The minimum Gasteiger partial charge on any atom is -0.476 e. The Bertz CT molecular complexity index is 684. The van der Waals surface area contributed by atoms with Gasteiger partial charge in [-0.1, -0.05) is 6.92 Å². The van der Waals surface area contributed by atoms with Crippen molar-refractivity contribution < 1.29 is 9.13 Å². The number of ether oxygens (including phenoxy) is 1. The molecule has 0 unspecified atom stereocenters. The van der Waals surface area contributed by atoms with Gasteiger partial charge >= 0.3 is 0 Å². The minimum atomic E-state index is -0.567. The third kappa shape index (κ3) is 3.36. The zero-order chi connectivity index (χ0) is 15.2. The summed E-state index contributed by atoms with van der Waals surface area (Å²) in [6.45, 7) is 2.44. The average Bonchev–Trinajstić information content (AvgIpc) is 2.50. The number of halogens is 1. The van der Waals surface area contributed by atoms with Gasteiger partial charge in [0.15, 0.2) is 5.82 Å². The van der Waals surface area contributed by atoms with Crippen LogP contribution in [0.5, 0.6) is 5.88 Å². The van der Waals surface area contributed by atoms with Crippen LogP contribution in [0.1, 0.15) is 18.9 Å². The quantitative estimate of drug-likeness (QED) is 0.877. The van der Waals surface area contributed by atoms with E-state index in [2.05, 4.69) is 15.3 Å². The molecule has 2 aromatic rings. The molecule has 1 heterocycles. The Morgan fingerprint density at radius 2 is 2.24 bits per heavy atom. The Labute approximate surface area is 121 Å². The van der Waals surface area contributed by atoms with E-state index < -0.39 is 5.82 Å². The maximum atomic E-state index is 13.8. The van der Waals surface area contributed by atoms with Crippen LogP contribution in [0.4, 0.5) is 21.6 Å². The van der Waals surface area contributed by atoms with E-state index in [-0.39, 0.29) is 28.6 Å². The number of nitrogens with two attached hydrogens (primary N) is 1. The number of nitrogens with one attached hydrogen (secondary N) is 1. The van der Waals surface area contributed by atoms with Crippen molar-refractivity contribution in [3.8, 4) is 11.9 Å². The predicted octanol–water partition coefficient (Wildman–Crippen LogP) is 2.60. The molecule has 0 saturated carbocycles. The van der Waals surface area contributed by atoms with Gasteiger partial charge < -0.3 is 15.8 Å². The molecule has 6 nitrogen and oxygen atoms in total. The van der Waals surface area contributed by atoms with Crippen LogP contribution in [0.3, 0.4) is 0 Å². The Hall–Kier alpha value is -2.88. The Morgan fingerprint density at radius 1 is 1.43 bits per heavy atom. The molecular formula is C14H14FN5O. The van der Waals surface area contributed by atoms with Crippen molar-refractivity contribution in [1.82, 2.24) is 9.97 Å². The molecule has 0 fully saturated rings. The molecule has 0 atom stereocenters. The highest BCUT2D eigenvalue weighted by molar-refractivity contribution is 5.72. The molecule has 3 N–H and O–H groups in total. The molecule has 0 aliphatic carbocycles. The number of rotatable bonds is 5. The summed E-state index contributed by atoms with van der Waals surface area (Å²) in [6, 6.07) is 5.94. The fourth-order valence-electron chi connectivity index (χ4n) is 1.61. The minimum absolute atomic E-state index is 0.167. The van der Waals surface area contributed by atoms with E-state index in [1.54, 1.807) is 0 Å². The molecular weight excluding hydrogens is 273 g/mol. The number of benzene rings is 1. The second-order valence-electron chi connectivity index (χ2n) is 4.22. The van der Waals surface area contributed by atoms with E-state index in [4.69, 9.17) is 15.7 Å². The van der Waals surface area contributed by atoms with Crippen LogP contribution in [0.2, 0.25) is 0 Å². The highest BCUT2D eigenvalue weighted by Gasteiger charge is 2.11. The first-order chi connectivity index (χ1) is 10.2. The first kappa shape index (κ1) is 14.5. The smallest absolute Gasteiger partial charge is 0.242 e. The van der Waals surface area contributed by atoms with E-state index in [1.807, 2.05) is 13.0 Å². The largest absolute Gasteiger partial charge is 0.476 e. The monoisotopic (exact) mass is 287 g/mol. The highest BCUT2D eigenvalue weighted by Crippen LogP contribution is 2.28. The lowest BCUT2D eigenvalue weighted by molar-refractivity contribution is 0.307. The van der Waals surface area contributed by atoms with Gasteiger partial charge in [0, 0.05) is 0 Å². The van der Waals surface area contributed by atoms with Crippen molar-refractivity contribution in [1.29, 1.82) is 5.26 Å². The van der Waals surface area contributed by atoms with Crippen molar-refractivity contribution in [2.45, 2.75) is 13.3 Å². The number of aromatic nitrogens is 2. The van der Waals surface area contributed by atoms with Gasteiger partial charge in [-0.2, -0.15) is 10.2 Å². The molecule has 0 spiro atoms. The second kappa shape index (κ2) is 6.52. The normalized spacial score (nSPS) is 9.95. The van der Waals surface area contributed by atoms with E-state index in [0.717, 1.165) is 12.5 Å². The van der Waals surface area contributed by atoms with E-state index in [1.165, 1.54) is 18.5 Å². The van der Waals surface area contributed by atoms with Crippen LogP contribution in [-0.2, 0) is 0 Å². The lowest BCUT2D eigenvalue weighted by Crippen LogP contribution is -2.06. The third-order valence-corrected chi connectivity index (χ3v) is 2.64. The van der Waals surface area contributed by atoms with Crippen LogP contribution in [-0.4, -0.2) is 16.6 Å². The summed E-state index contributed by atoms with van der Waals surface area (Å²) in [6.07, 6.45) is 2.10. The SMILES string of the molecule is CCCOc1ncnc(Nc2ccc(C#N)cc2F)c1N. The maximum Gasteiger partial charge on any atom is 0.242 e. The summed E-state index contributed by atoms with van der Waals surface area (Å²) in [5, 5.41) is 11.5. The topological polar surface area (TPSA) is 96.9 Å². The number of nitrogen functional groups attached to an aromatic ring is 1. The molecule has 0 aliphatic heterocycles. The molecule has 2 rings (SSSR count). The fraction of sp³-hybridized carbons (Fsp3) is 0.214. The molecule has 0 radical (unpaired) electrons. The standard InChI is InChI=1S/C14H14FN5O/c1-2-5-21-14-12(17)13(18-8-19-14)20-11-4-3-9(7-16)6-10(11)15/h3-4,6,8H,2,5,17H2,1H3,(H,18,19,20). The number of nitrogens with zero attached hydrogens (tertiary/aromatic N) is 3. The van der Waals surface area contributed by atoms with Crippen LogP contribution >= 0.6 is 0 Å². The zero-order valence-corrected chi connectivity index (χ0v) is 11.4. The van der Waals surface area contributed by atoms with Crippen LogP contribution in [0.15, 0.2) is 24.5 Å². The average molecular weight is 287 g/mol. The van der Waals surface area contributed by atoms with Gasteiger partial charge in [0.25, 0.3) is 0 Å². The Balaban J connectivity index is 2.26. The summed E-state index contributed by atoms with van der Waals surface area (Å²) in [4.78, 5) is 7.90. The van der Waals surface area contributed by atoms with Gasteiger partial charge in [-0.25, -0.2) is 9.37 Å². The first-order valence-electron chi connectivity index (χ1n) is 6.35. The maximum absolute atomic E-state index is 13.8. The summed E-state index contributed by atoms with van der Waals surface area (Å²) >= 11 is 0. The van der Waals surface area contributed by atoms with Crippen LogP contribution in [0, 0.1) is 17.1 Å². The first-order valence-corrected chi connectivity index (χ1v) is 6.35.